The number of sulfone groups is 1. The Bertz CT molecular complexity index is 547. The first-order valence-corrected chi connectivity index (χ1v) is 7.54. The van der Waals surface area contributed by atoms with Gasteiger partial charge in [0.05, 0.1) is 18.1 Å². The van der Waals surface area contributed by atoms with Crippen molar-refractivity contribution in [2.75, 3.05) is 26.3 Å². The van der Waals surface area contributed by atoms with E-state index in [2.05, 4.69) is 0 Å². The molecule has 6 nitrogen and oxygen atoms in total. The topological polar surface area (TPSA) is 94.9 Å². The van der Waals surface area contributed by atoms with Crippen LogP contribution in [0.2, 0.25) is 0 Å². The highest BCUT2D eigenvalue weighted by Gasteiger charge is 2.13. The van der Waals surface area contributed by atoms with Crippen molar-refractivity contribution in [1.29, 1.82) is 0 Å². The van der Waals surface area contributed by atoms with E-state index in [0.717, 1.165) is 16.4 Å². The summed E-state index contributed by atoms with van der Waals surface area (Å²) in [6.07, 6.45) is 0.924. The molecule has 7 heteroatoms. The number of rotatable bonds is 7. The monoisotopic (exact) mass is 299 g/mol. The van der Waals surface area contributed by atoms with Gasteiger partial charge < -0.3 is 15.1 Å². The minimum Gasteiger partial charge on any atom is -0.395 e. The van der Waals surface area contributed by atoms with Gasteiger partial charge in [-0.1, -0.05) is 18.2 Å². The SMILES string of the molecule is O=C(/C=C/S(=O)(=O)c1ccccc1)N(CCO)CCO. The van der Waals surface area contributed by atoms with Crippen molar-refractivity contribution >= 4 is 15.7 Å². The summed E-state index contributed by atoms with van der Waals surface area (Å²) < 4.78 is 23.8. The van der Waals surface area contributed by atoms with Gasteiger partial charge in [0.25, 0.3) is 0 Å². The zero-order valence-electron chi connectivity index (χ0n) is 10.8. The van der Waals surface area contributed by atoms with Crippen LogP contribution in [0.5, 0.6) is 0 Å². The predicted molar refractivity (Wildman–Crippen MR) is 73.5 cm³/mol. The van der Waals surface area contributed by atoms with Crippen molar-refractivity contribution in [1.82, 2.24) is 4.90 Å². The first-order chi connectivity index (χ1) is 9.51. The van der Waals surface area contributed by atoms with Crippen molar-refractivity contribution in [3.63, 3.8) is 0 Å². The van der Waals surface area contributed by atoms with E-state index in [9.17, 15) is 13.2 Å². The number of nitrogens with zero attached hydrogens (tertiary/aromatic N) is 1. The third-order valence-corrected chi connectivity index (χ3v) is 3.94. The molecule has 0 spiro atoms. The molecular formula is C13H17NO5S. The molecule has 0 aliphatic heterocycles. The van der Waals surface area contributed by atoms with Crippen LogP contribution in [0.3, 0.4) is 0 Å². The maximum Gasteiger partial charge on any atom is 0.247 e. The number of carbonyl (C=O) groups is 1. The van der Waals surface area contributed by atoms with Crippen LogP contribution < -0.4 is 0 Å². The average molecular weight is 299 g/mol. The van der Waals surface area contributed by atoms with Gasteiger partial charge in [0.1, 0.15) is 0 Å². The Labute approximate surface area is 117 Å². The van der Waals surface area contributed by atoms with Crippen LogP contribution in [0, 0.1) is 0 Å². The molecule has 0 radical (unpaired) electrons. The van der Waals surface area contributed by atoms with Crippen molar-refractivity contribution < 1.29 is 23.4 Å². The largest absolute Gasteiger partial charge is 0.395 e. The van der Waals surface area contributed by atoms with E-state index in [0.29, 0.717) is 0 Å². The normalized spacial score (nSPS) is 11.7. The highest BCUT2D eigenvalue weighted by atomic mass is 32.2. The fourth-order valence-corrected chi connectivity index (χ4v) is 2.50. The molecule has 0 atom stereocenters. The third kappa shape index (κ3) is 4.76. The Balaban J connectivity index is 2.83. The van der Waals surface area contributed by atoms with Gasteiger partial charge in [-0.25, -0.2) is 8.42 Å². The Kier molecular flexibility index (Phi) is 6.37. The number of hydrogen-bond donors (Lipinski definition) is 2. The zero-order chi connectivity index (χ0) is 15.0. The lowest BCUT2D eigenvalue weighted by Gasteiger charge is -2.18. The molecule has 0 aliphatic carbocycles. The molecule has 1 aromatic carbocycles. The standard InChI is InChI=1S/C13H17NO5S/c15-9-7-14(8-10-16)13(17)6-11-20(18,19)12-4-2-1-3-5-12/h1-6,11,15-16H,7-10H2/b11-6+. The van der Waals surface area contributed by atoms with Gasteiger partial charge in [0.15, 0.2) is 9.84 Å². The predicted octanol–water partition coefficient (Wildman–Crippen LogP) is -0.213. The van der Waals surface area contributed by atoms with E-state index in [-0.39, 0.29) is 31.2 Å². The summed E-state index contributed by atoms with van der Waals surface area (Å²) in [6.45, 7) is -0.444. The summed E-state index contributed by atoms with van der Waals surface area (Å²) >= 11 is 0. The summed E-state index contributed by atoms with van der Waals surface area (Å²) in [5.41, 5.74) is 0. The fourth-order valence-electron chi connectivity index (χ4n) is 1.52. The minimum atomic E-state index is -3.67. The van der Waals surface area contributed by atoms with Gasteiger partial charge in [-0.15, -0.1) is 0 Å². The zero-order valence-corrected chi connectivity index (χ0v) is 11.7. The lowest BCUT2D eigenvalue weighted by atomic mass is 10.4. The van der Waals surface area contributed by atoms with Crippen molar-refractivity contribution in [3.05, 3.63) is 41.8 Å². The Morgan fingerprint density at radius 2 is 1.65 bits per heavy atom. The van der Waals surface area contributed by atoms with Gasteiger partial charge in [0.2, 0.25) is 5.91 Å². The summed E-state index contributed by atoms with van der Waals surface area (Å²) in [7, 11) is -3.67. The molecule has 0 unspecified atom stereocenters. The van der Waals surface area contributed by atoms with Gasteiger partial charge in [-0.2, -0.15) is 0 Å². The lowest BCUT2D eigenvalue weighted by Crippen LogP contribution is -2.34. The van der Waals surface area contributed by atoms with E-state index in [1.807, 2.05) is 0 Å². The maximum atomic E-state index is 11.9. The quantitative estimate of drug-likeness (QED) is 0.679. The van der Waals surface area contributed by atoms with Crippen LogP contribution in [0.4, 0.5) is 0 Å². The number of carbonyl (C=O) groups excluding carboxylic acids is 1. The van der Waals surface area contributed by atoms with Gasteiger partial charge in [-0.3, -0.25) is 4.79 Å². The van der Waals surface area contributed by atoms with E-state index >= 15 is 0 Å². The highest BCUT2D eigenvalue weighted by molar-refractivity contribution is 7.94. The smallest absolute Gasteiger partial charge is 0.247 e. The number of benzene rings is 1. The van der Waals surface area contributed by atoms with Crippen LogP contribution in [0.15, 0.2) is 46.7 Å². The number of aliphatic hydroxyl groups is 2. The van der Waals surface area contributed by atoms with Crippen molar-refractivity contribution in [3.8, 4) is 0 Å². The first kappa shape index (κ1) is 16.4. The first-order valence-electron chi connectivity index (χ1n) is 6.00. The van der Waals surface area contributed by atoms with Crippen LogP contribution in [0.25, 0.3) is 0 Å². The molecular weight excluding hydrogens is 282 g/mol. The van der Waals surface area contributed by atoms with Crippen molar-refractivity contribution in [2.45, 2.75) is 4.90 Å². The highest BCUT2D eigenvalue weighted by Crippen LogP contribution is 2.11. The van der Waals surface area contributed by atoms with E-state index in [1.165, 1.54) is 12.1 Å². The van der Waals surface area contributed by atoms with Crippen LogP contribution in [-0.2, 0) is 14.6 Å². The molecule has 0 aliphatic rings. The molecule has 0 heterocycles. The van der Waals surface area contributed by atoms with Crippen LogP contribution >= 0.6 is 0 Å². The average Bonchev–Trinajstić information content (AvgIpc) is 2.45. The molecule has 0 bridgehead atoms. The molecule has 0 saturated heterocycles. The van der Waals surface area contributed by atoms with Gasteiger partial charge in [-0.05, 0) is 12.1 Å². The van der Waals surface area contributed by atoms with Gasteiger partial charge in [0, 0.05) is 24.6 Å². The van der Waals surface area contributed by atoms with Crippen LogP contribution in [0.1, 0.15) is 0 Å². The summed E-state index contributed by atoms with van der Waals surface area (Å²) in [5.74, 6) is -0.576. The summed E-state index contributed by atoms with van der Waals surface area (Å²) in [5, 5.41) is 18.4. The third-order valence-electron chi connectivity index (χ3n) is 2.51. The Hall–Kier alpha value is -1.70. The van der Waals surface area contributed by atoms with E-state index < -0.39 is 15.7 Å². The molecule has 0 saturated carbocycles. The van der Waals surface area contributed by atoms with Crippen molar-refractivity contribution in [2.24, 2.45) is 0 Å². The summed E-state index contributed by atoms with van der Waals surface area (Å²) in [6, 6.07) is 7.74. The molecule has 2 N–H and O–H groups in total. The lowest BCUT2D eigenvalue weighted by molar-refractivity contribution is -0.127. The second-order valence-corrected chi connectivity index (χ2v) is 5.77. The minimum absolute atomic E-state index is 0.0368. The molecule has 110 valence electrons. The molecule has 20 heavy (non-hydrogen) atoms. The van der Waals surface area contributed by atoms with E-state index in [1.54, 1.807) is 18.2 Å². The second kappa shape index (κ2) is 7.78. The van der Waals surface area contributed by atoms with Gasteiger partial charge >= 0.3 is 0 Å². The fraction of sp³-hybridized carbons (Fsp3) is 0.308. The number of amides is 1. The Morgan fingerprint density at radius 1 is 1.10 bits per heavy atom. The summed E-state index contributed by atoms with van der Waals surface area (Å²) in [4.78, 5) is 13.0. The molecule has 0 fully saturated rings. The Morgan fingerprint density at radius 3 is 2.15 bits per heavy atom. The van der Waals surface area contributed by atoms with E-state index in [4.69, 9.17) is 10.2 Å². The number of hydrogen-bond acceptors (Lipinski definition) is 5. The molecule has 1 aromatic rings. The molecule has 0 aromatic heterocycles. The number of aliphatic hydroxyl groups excluding tert-OH is 2. The molecule has 1 rings (SSSR count). The molecule has 1 amide bonds. The second-order valence-electron chi connectivity index (χ2n) is 3.93. The maximum absolute atomic E-state index is 11.9. The van der Waals surface area contributed by atoms with Crippen LogP contribution in [-0.4, -0.2) is 55.7 Å².